The number of aliphatic imine (C=N–C) groups is 1. The third-order valence-electron chi connectivity index (χ3n) is 7.05. The molecular formula is C40H50IrN2O2-2. The fraction of sp³-hybridized carbons (Fsp3) is 0.375. The molecule has 1 radical (unpaired) electrons. The van der Waals surface area contributed by atoms with Crippen molar-refractivity contribution in [1.29, 1.82) is 0 Å². The number of nitrogens with zero attached hydrogens (tertiary/aromatic N) is 2. The van der Waals surface area contributed by atoms with Crippen molar-refractivity contribution in [2.24, 2.45) is 16.8 Å². The molecule has 3 rings (SSSR count). The topological polar surface area (TPSA) is 72.0 Å². The quantitative estimate of drug-likeness (QED) is 0.0731. The minimum Gasteiger partial charge on any atom is -0.809 e. The number of hydrogen-bond acceptors (Lipinski definition) is 3. The van der Waals surface area contributed by atoms with Crippen molar-refractivity contribution < 1.29 is 30.0 Å². The fourth-order valence-corrected chi connectivity index (χ4v) is 5.31. The predicted molar refractivity (Wildman–Crippen MR) is 190 cm³/mol. The van der Waals surface area contributed by atoms with Crippen LogP contribution >= 0.6 is 0 Å². The van der Waals surface area contributed by atoms with Gasteiger partial charge < -0.3 is 10.5 Å². The minimum atomic E-state index is 0. The van der Waals surface area contributed by atoms with Gasteiger partial charge in [0.25, 0.3) is 0 Å². The Morgan fingerprint density at radius 2 is 1.40 bits per heavy atom. The van der Waals surface area contributed by atoms with Gasteiger partial charge in [-0.05, 0) is 56.2 Å². The maximum atomic E-state index is 11.2. The number of aliphatic hydroxyl groups is 1. The zero-order chi connectivity index (χ0) is 33.1. The van der Waals surface area contributed by atoms with Crippen LogP contribution in [0.2, 0.25) is 0 Å². The molecule has 0 aliphatic heterocycles. The second-order valence-electron chi connectivity index (χ2n) is 12.8. The van der Waals surface area contributed by atoms with Crippen molar-refractivity contribution in [3.8, 4) is 0 Å². The molecule has 0 saturated heterocycles. The van der Waals surface area contributed by atoms with Crippen molar-refractivity contribution in [3.05, 3.63) is 122 Å². The van der Waals surface area contributed by atoms with Gasteiger partial charge in [0, 0.05) is 56.0 Å². The van der Waals surface area contributed by atoms with Crippen LogP contribution in [-0.4, -0.2) is 22.8 Å². The molecule has 45 heavy (non-hydrogen) atoms. The molecule has 0 unspecified atom stereocenters. The minimum absolute atomic E-state index is 0. The standard InChI is InChI=1S/C29H30N2.C11H20O2.Ir/c1-18-11-19(2)14-25(13-18)24(7)29(26-15-20(3)12-21(4)16-26)31-27(17-30)28-22(5)9-8-10-23(28)6;1-8(2)5-10(12)7-11(13)6-9(3)4;/h8-13,15-17H,1-7H3;7-9,12H,5-6H2,1-4H3;/q-2;;/b29-24+,31-27?;10-7-;. The average Bonchev–Trinajstić information content (AvgIpc) is 2.88. The van der Waals surface area contributed by atoms with E-state index in [1.54, 1.807) is 0 Å². The fourth-order valence-electron chi connectivity index (χ4n) is 5.31. The molecule has 0 atom stereocenters. The maximum Gasteiger partial charge on any atom is 0.159 e. The Hall–Kier alpha value is -3.40. The van der Waals surface area contributed by atoms with E-state index in [-0.39, 0.29) is 31.6 Å². The zero-order valence-corrected chi connectivity index (χ0v) is 31.3. The van der Waals surface area contributed by atoms with E-state index >= 15 is 0 Å². The Labute approximate surface area is 285 Å². The van der Waals surface area contributed by atoms with Gasteiger partial charge in [0.05, 0.1) is 5.76 Å². The summed E-state index contributed by atoms with van der Waals surface area (Å²) in [6.45, 7) is 22.5. The van der Waals surface area contributed by atoms with Crippen molar-refractivity contribution in [1.82, 2.24) is 0 Å². The molecule has 0 aromatic heterocycles. The molecule has 3 aromatic rings. The third kappa shape index (κ3) is 12.9. The Kier molecular flexibility index (Phi) is 16.3. The van der Waals surface area contributed by atoms with Crippen molar-refractivity contribution >= 4 is 29.0 Å². The first-order valence-electron chi connectivity index (χ1n) is 15.5. The molecule has 243 valence electrons. The molecule has 0 amide bonds. The third-order valence-corrected chi connectivity index (χ3v) is 7.05. The first kappa shape index (κ1) is 39.6. The molecule has 0 aliphatic carbocycles. The first-order chi connectivity index (χ1) is 20.6. The molecule has 5 heteroatoms. The molecule has 0 saturated carbocycles. The number of aliphatic hydroxyl groups excluding tert-OH is 1. The Balaban J connectivity index is 0.000000615. The Morgan fingerprint density at radius 1 is 0.867 bits per heavy atom. The summed E-state index contributed by atoms with van der Waals surface area (Å²) in [6, 6.07) is 20.3. The molecule has 0 heterocycles. The van der Waals surface area contributed by atoms with Gasteiger partial charge in [-0.3, -0.25) is 9.79 Å². The molecule has 4 nitrogen and oxygen atoms in total. The van der Waals surface area contributed by atoms with E-state index in [4.69, 9.17) is 4.99 Å². The van der Waals surface area contributed by atoms with E-state index in [0.29, 0.717) is 30.4 Å². The number of aryl methyl sites for hydroxylation is 6. The van der Waals surface area contributed by atoms with E-state index < -0.39 is 0 Å². The number of benzene rings is 3. The number of ketones is 1. The summed E-state index contributed by atoms with van der Waals surface area (Å²) in [5.74, 6) is 0.979. The van der Waals surface area contributed by atoms with Crippen LogP contribution in [0.3, 0.4) is 0 Å². The number of rotatable bonds is 10. The van der Waals surface area contributed by atoms with Crippen molar-refractivity contribution in [2.45, 2.75) is 89.0 Å². The number of allylic oxidation sites excluding steroid dienone is 3. The normalized spacial score (nSPS) is 12.3. The first-order valence-corrected chi connectivity index (χ1v) is 15.5. The van der Waals surface area contributed by atoms with Crippen LogP contribution in [0.25, 0.3) is 16.7 Å². The Morgan fingerprint density at radius 3 is 1.89 bits per heavy atom. The second-order valence-corrected chi connectivity index (χ2v) is 12.8. The van der Waals surface area contributed by atoms with Gasteiger partial charge in [-0.1, -0.05) is 102 Å². The van der Waals surface area contributed by atoms with E-state index in [1.807, 2.05) is 59.7 Å². The van der Waals surface area contributed by atoms with Gasteiger partial charge in [0.2, 0.25) is 0 Å². The van der Waals surface area contributed by atoms with Crippen LogP contribution in [-0.2, 0) is 24.9 Å². The van der Waals surface area contributed by atoms with Gasteiger partial charge in [0.15, 0.2) is 5.78 Å². The van der Waals surface area contributed by atoms with Crippen LogP contribution in [0.1, 0.15) is 97.5 Å². The monoisotopic (exact) mass is 783 g/mol. The van der Waals surface area contributed by atoms with Crippen LogP contribution in [0, 0.1) is 59.4 Å². The smallest absolute Gasteiger partial charge is 0.159 e. The maximum absolute atomic E-state index is 11.2. The largest absolute Gasteiger partial charge is 0.809 e. The summed E-state index contributed by atoms with van der Waals surface area (Å²) in [7, 11) is 0. The van der Waals surface area contributed by atoms with Crippen molar-refractivity contribution in [2.75, 3.05) is 0 Å². The zero-order valence-electron chi connectivity index (χ0n) is 28.9. The molecule has 0 spiro atoms. The summed E-state index contributed by atoms with van der Waals surface area (Å²) < 4.78 is 0. The summed E-state index contributed by atoms with van der Waals surface area (Å²) >= 11 is 0. The van der Waals surface area contributed by atoms with Gasteiger partial charge in [0.1, 0.15) is 0 Å². The number of carbonyl (C=O) groups excluding carboxylic acids is 1. The molecular weight excluding hydrogens is 733 g/mol. The van der Waals surface area contributed by atoms with Gasteiger partial charge in [-0.15, -0.1) is 34.9 Å². The van der Waals surface area contributed by atoms with Gasteiger partial charge >= 0.3 is 0 Å². The summed E-state index contributed by atoms with van der Waals surface area (Å²) in [5, 5.41) is 19.5. The predicted octanol–water partition coefficient (Wildman–Crippen LogP) is 10.4. The van der Waals surface area contributed by atoms with E-state index in [9.17, 15) is 15.3 Å². The van der Waals surface area contributed by atoms with Crippen molar-refractivity contribution in [3.63, 3.8) is 0 Å². The van der Waals surface area contributed by atoms with E-state index in [2.05, 4.69) is 71.0 Å². The second kappa shape index (κ2) is 18.5. The summed E-state index contributed by atoms with van der Waals surface area (Å²) in [4.78, 5) is 16.3. The summed E-state index contributed by atoms with van der Waals surface area (Å²) in [6.07, 6.45) is 3.59. The van der Waals surface area contributed by atoms with E-state index in [1.165, 1.54) is 22.8 Å². The Bertz CT molecular complexity index is 1510. The van der Waals surface area contributed by atoms with Crippen LogP contribution in [0.15, 0.2) is 65.4 Å². The van der Waals surface area contributed by atoms with Gasteiger partial charge in [-0.25, -0.2) is 0 Å². The molecule has 3 aromatic carbocycles. The van der Waals surface area contributed by atoms with E-state index in [0.717, 1.165) is 50.9 Å². The molecule has 0 aliphatic rings. The number of carbonyl (C=O) groups is 1. The molecule has 0 bridgehead atoms. The summed E-state index contributed by atoms with van der Waals surface area (Å²) in [5.41, 5.74) is 12.3. The molecule has 0 fully saturated rings. The van der Waals surface area contributed by atoms with Crippen LogP contribution in [0.5, 0.6) is 0 Å². The van der Waals surface area contributed by atoms with Crippen LogP contribution in [0.4, 0.5) is 0 Å². The van der Waals surface area contributed by atoms with Crippen LogP contribution < -0.4 is 0 Å². The molecule has 1 N–H and O–H groups in total. The average molecular weight is 783 g/mol. The number of hydrogen-bond donors (Lipinski definition) is 1. The van der Waals surface area contributed by atoms with Gasteiger partial charge in [-0.2, -0.15) is 6.21 Å². The SMILES string of the molecule is C/C(=C(\N=C(C=[N-])c1c(C)cccc1C)c1cc(C)cc(C)c1)c1[c-]c(C)cc(C)c1.CC(C)CC(=O)/C=C(\O)CC(C)C.[Ir].